The van der Waals surface area contributed by atoms with E-state index in [1.165, 1.54) is 25.7 Å². The first kappa shape index (κ1) is 16.4. The molecule has 1 N–H and O–H groups in total. The molecule has 0 radical (unpaired) electrons. The van der Waals surface area contributed by atoms with Crippen LogP contribution in [0.15, 0.2) is 0 Å². The van der Waals surface area contributed by atoms with Crippen molar-refractivity contribution in [1.29, 1.82) is 0 Å². The third kappa shape index (κ3) is 15.4. The van der Waals surface area contributed by atoms with Gasteiger partial charge in [-0.3, -0.25) is 0 Å². The number of hydrogen-bond donors (Lipinski definition) is 1. The number of ether oxygens (including phenoxy) is 2. The van der Waals surface area contributed by atoms with Gasteiger partial charge in [0.05, 0.1) is 13.2 Å². The van der Waals surface area contributed by atoms with Crippen molar-refractivity contribution in [1.82, 2.24) is 0 Å². The number of aliphatic hydroxyl groups excluding tert-OH is 1. The molecule has 0 atom stereocenters. The van der Waals surface area contributed by atoms with Gasteiger partial charge in [-0.2, -0.15) is 0 Å². The molecular formula is C14H26O3. The van der Waals surface area contributed by atoms with Crippen LogP contribution in [0.1, 0.15) is 51.9 Å². The second-order valence-corrected chi connectivity index (χ2v) is 3.93. The summed E-state index contributed by atoms with van der Waals surface area (Å²) in [5.74, 6) is 5.77. The lowest BCUT2D eigenvalue weighted by atomic mass is 10.2. The Hall–Kier alpha value is -0.560. The Kier molecular flexibility index (Phi) is 14.9. The SMILES string of the molecule is CCCCCCCOCOCCC#CCCO. The van der Waals surface area contributed by atoms with Gasteiger partial charge in [0.2, 0.25) is 0 Å². The van der Waals surface area contributed by atoms with Crippen LogP contribution in [0.5, 0.6) is 0 Å². The number of aliphatic hydroxyl groups is 1. The minimum Gasteiger partial charge on any atom is -0.395 e. The van der Waals surface area contributed by atoms with Crippen LogP contribution in [-0.4, -0.2) is 31.7 Å². The zero-order valence-electron chi connectivity index (χ0n) is 11.0. The monoisotopic (exact) mass is 242 g/mol. The van der Waals surface area contributed by atoms with Crippen molar-refractivity contribution < 1.29 is 14.6 Å². The molecule has 0 aromatic rings. The highest BCUT2D eigenvalue weighted by molar-refractivity contribution is 4.98. The lowest BCUT2D eigenvalue weighted by Crippen LogP contribution is -2.02. The predicted octanol–water partition coefficient (Wildman–Crippen LogP) is 2.72. The predicted molar refractivity (Wildman–Crippen MR) is 69.6 cm³/mol. The summed E-state index contributed by atoms with van der Waals surface area (Å²) in [5, 5.41) is 8.49. The van der Waals surface area contributed by atoms with Gasteiger partial charge < -0.3 is 14.6 Å². The molecule has 0 rings (SSSR count). The first-order chi connectivity index (χ1) is 8.41. The summed E-state index contributed by atoms with van der Waals surface area (Å²) < 4.78 is 10.6. The summed E-state index contributed by atoms with van der Waals surface area (Å²) in [6.07, 6.45) is 7.54. The second kappa shape index (κ2) is 15.4. The zero-order chi connectivity index (χ0) is 12.6. The van der Waals surface area contributed by atoms with Crippen molar-refractivity contribution in [3.63, 3.8) is 0 Å². The maximum absolute atomic E-state index is 8.49. The Morgan fingerprint density at radius 2 is 1.59 bits per heavy atom. The average molecular weight is 242 g/mol. The Labute approximate surface area is 106 Å². The van der Waals surface area contributed by atoms with Crippen LogP contribution >= 0.6 is 0 Å². The highest BCUT2D eigenvalue weighted by atomic mass is 16.7. The second-order valence-electron chi connectivity index (χ2n) is 3.93. The summed E-state index contributed by atoms with van der Waals surface area (Å²) in [7, 11) is 0. The molecule has 0 fully saturated rings. The molecule has 0 spiro atoms. The molecule has 0 heterocycles. The molecule has 0 aliphatic carbocycles. The molecule has 0 unspecified atom stereocenters. The fourth-order valence-electron chi connectivity index (χ4n) is 1.34. The van der Waals surface area contributed by atoms with Gasteiger partial charge in [0, 0.05) is 19.4 Å². The smallest absolute Gasteiger partial charge is 0.146 e. The van der Waals surface area contributed by atoms with E-state index in [9.17, 15) is 0 Å². The Balaban J connectivity index is 2.97. The minimum absolute atomic E-state index is 0.134. The molecule has 3 heteroatoms. The number of hydrogen-bond acceptors (Lipinski definition) is 3. The first-order valence-electron chi connectivity index (χ1n) is 6.64. The lowest BCUT2D eigenvalue weighted by molar-refractivity contribution is -0.0527. The quantitative estimate of drug-likeness (QED) is 0.344. The molecule has 0 bridgehead atoms. The van der Waals surface area contributed by atoms with Gasteiger partial charge in [0.25, 0.3) is 0 Å². The molecular weight excluding hydrogens is 216 g/mol. The molecule has 0 amide bonds. The fourth-order valence-corrected chi connectivity index (χ4v) is 1.34. The first-order valence-corrected chi connectivity index (χ1v) is 6.64. The fraction of sp³-hybridized carbons (Fsp3) is 0.857. The summed E-state index contributed by atoms with van der Waals surface area (Å²) in [5.41, 5.74) is 0. The normalized spacial score (nSPS) is 10.0. The average Bonchev–Trinajstić information content (AvgIpc) is 2.35. The van der Waals surface area contributed by atoms with Crippen molar-refractivity contribution in [2.75, 3.05) is 26.6 Å². The highest BCUT2D eigenvalue weighted by Gasteiger charge is 1.90. The molecule has 0 saturated carbocycles. The maximum atomic E-state index is 8.49. The molecule has 0 aromatic heterocycles. The third-order valence-electron chi connectivity index (χ3n) is 2.29. The van der Waals surface area contributed by atoms with Crippen molar-refractivity contribution in [2.45, 2.75) is 51.9 Å². The third-order valence-corrected chi connectivity index (χ3v) is 2.29. The molecule has 0 aliphatic rings. The van der Waals surface area contributed by atoms with E-state index < -0.39 is 0 Å². The van der Waals surface area contributed by atoms with Crippen LogP contribution < -0.4 is 0 Å². The molecule has 17 heavy (non-hydrogen) atoms. The van der Waals surface area contributed by atoms with Gasteiger partial charge in [0.15, 0.2) is 0 Å². The van der Waals surface area contributed by atoms with Crippen LogP contribution in [-0.2, 0) is 9.47 Å². The van der Waals surface area contributed by atoms with Gasteiger partial charge >= 0.3 is 0 Å². The lowest BCUT2D eigenvalue weighted by Gasteiger charge is -2.04. The topological polar surface area (TPSA) is 38.7 Å². The minimum atomic E-state index is 0.134. The highest BCUT2D eigenvalue weighted by Crippen LogP contribution is 2.02. The largest absolute Gasteiger partial charge is 0.395 e. The van der Waals surface area contributed by atoms with E-state index in [-0.39, 0.29) is 6.61 Å². The Morgan fingerprint density at radius 3 is 2.35 bits per heavy atom. The van der Waals surface area contributed by atoms with E-state index in [2.05, 4.69) is 18.8 Å². The van der Waals surface area contributed by atoms with Gasteiger partial charge in [-0.05, 0) is 6.42 Å². The Morgan fingerprint density at radius 1 is 0.882 bits per heavy atom. The molecule has 100 valence electrons. The van der Waals surface area contributed by atoms with E-state index in [0.717, 1.165) is 13.0 Å². The molecule has 0 aromatic carbocycles. The standard InChI is InChI=1S/C14H26O3/c1-2-3-4-6-9-12-16-14-17-13-10-7-5-8-11-15/h15H,2-4,6,8-14H2,1H3. The summed E-state index contributed by atoms with van der Waals surface area (Å²) in [4.78, 5) is 0. The van der Waals surface area contributed by atoms with Gasteiger partial charge in [-0.15, -0.1) is 11.8 Å². The zero-order valence-corrected chi connectivity index (χ0v) is 11.0. The van der Waals surface area contributed by atoms with E-state index in [1.54, 1.807) is 0 Å². The van der Waals surface area contributed by atoms with Crippen molar-refractivity contribution in [3.05, 3.63) is 0 Å². The number of unbranched alkanes of at least 4 members (excludes halogenated alkanes) is 4. The molecule has 0 saturated heterocycles. The van der Waals surface area contributed by atoms with E-state index >= 15 is 0 Å². The molecule has 0 aliphatic heterocycles. The van der Waals surface area contributed by atoms with Crippen molar-refractivity contribution in [3.8, 4) is 11.8 Å². The van der Waals surface area contributed by atoms with Gasteiger partial charge in [0.1, 0.15) is 6.79 Å². The van der Waals surface area contributed by atoms with Gasteiger partial charge in [-0.1, -0.05) is 32.6 Å². The van der Waals surface area contributed by atoms with Crippen molar-refractivity contribution >= 4 is 0 Å². The summed E-state index contributed by atoms with van der Waals surface area (Å²) in [6.45, 7) is 4.12. The van der Waals surface area contributed by atoms with E-state index in [4.69, 9.17) is 14.6 Å². The van der Waals surface area contributed by atoms with Crippen LogP contribution in [0, 0.1) is 11.8 Å². The summed E-state index contributed by atoms with van der Waals surface area (Å²) >= 11 is 0. The maximum Gasteiger partial charge on any atom is 0.146 e. The summed E-state index contributed by atoms with van der Waals surface area (Å²) in [6, 6.07) is 0. The van der Waals surface area contributed by atoms with Crippen LogP contribution in [0.3, 0.4) is 0 Å². The van der Waals surface area contributed by atoms with E-state index in [0.29, 0.717) is 26.2 Å². The van der Waals surface area contributed by atoms with Crippen molar-refractivity contribution in [2.24, 2.45) is 0 Å². The molecule has 3 nitrogen and oxygen atoms in total. The van der Waals surface area contributed by atoms with Crippen LogP contribution in [0.2, 0.25) is 0 Å². The van der Waals surface area contributed by atoms with E-state index in [1.807, 2.05) is 0 Å². The Bertz CT molecular complexity index is 193. The van der Waals surface area contributed by atoms with Crippen LogP contribution in [0.4, 0.5) is 0 Å². The number of rotatable bonds is 11. The van der Waals surface area contributed by atoms with Gasteiger partial charge in [-0.25, -0.2) is 0 Å². The van der Waals surface area contributed by atoms with Crippen LogP contribution in [0.25, 0.3) is 0 Å².